The monoisotopic (exact) mass is 522 g/mol. The Morgan fingerprint density at radius 1 is 0.931 bits per heavy atom. The molecule has 3 aromatic carbocycles. The van der Waals surface area contributed by atoms with Gasteiger partial charge in [0.2, 0.25) is 0 Å². The Kier molecular flexibility index (Phi) is 7.28. The molecule has 3 aromatic rings. The van der Waals surface area contributed by atoms with E-state index < -0.39 is 5.97 Å². The van der Waals surface area contributed by atoms with Gasteiger partial charge >= 0.3 is 5.97 Å². The third-order valence-corrected chi connectivity index (χ3v) is 5.19. The van der Waals surface area contributed by atoms with Crippen molar-refractivity contribution in [3.8, 4) is 17.2 Å². The zero-order chi connectivity index (χ0) is 20.8. The Balaban J connectivity index is 1.66. The lowest BCUT2D eigenvalue weighted by Crippen LogP contribution is -2.00. The molecular formula is C22H17Br2FO4. The summed E-state index contributed by atoms with van der Waals surface area (Å²) in [4.78, 5) is 10.8. The van der Waals surface area contributed by atoms with Gasteiger partial charge in [0.15, 0.2) is 0 Å². The van der Waals surface area contributed by atoms with E-state index in [9.17, 15) is 9.18 Å². The molecule has 0 bridgehead atoms. The van der Waals surface area contributed by atoms with Crippen molar-refractivity contribution >= 4 is 37.8 Å². The van der Waals surface area contributed by atoms with Crippen LogP contribution in [-0.4, -0.2) is 11.1 Å². The molecule has 0 fully saturated rings. The fourth-order valence-electron chi connectivity index (χ4n) is 2.64. The van der Waals surface area contributed by atoms with Crippen molar-refractivity contribution in [2.75, 3.05) is 0 Å². The second-order valence-electron chi connectivity index (χ2n) is 6.27. The number of aryl methyl sites for hydroxylation is 1. The second-order valence-corrected chi connectivity index (χ2v) is 7.98. The first-order valence-corrected chi connectivity index (χ1v) is 10.3. The first-order chi connectivity index (χ1) is 13.9. The van der Waals surface area contributed by atoms with E-state index in [1.54, 1.807) is 12.1 Å². The standard InChI is InChI=1S/C22H17Br2FO4/c23-19-11-14(4-9-21(26)27)12-20(24)22(19)28-13-15-2-1-3-18(10-15)29-17-7-5-16(25)6-8-17/h1-3,5-8,10-12H,4,9,13H2,(H,26,27). The van der Waals surface area contributed by atoms with E-state index in [0.29, 0.717) is 30.3 Å². The third kappa shape index (κ3) is 6.30. The predicted octanol–water partition coefficient (Wildman–Crippen LogP) is 6.74. The summed E-state index contributed by atoms with van der Waals surface area (Å²) in [5.41, 5.74) is 1.80. The minimum atomic E-state index is -0.833. The lowest BCUT2D eigenvalue weighted by molar-refractivity contribution is -0.136. The summed E-state index contributed by atoms with van der Waals surface area (Å²) >= 11 is 6.97. The molecule has 0 heterocycles. The molecule has 7 heteroatoms. The molecule has 0 saturated carbocycles. The minimum Gasteiger partial charge on any atom is -0.487 e. The van der Waals surface area contributed by atoms with Crippen LogP contribution in [0.15, 0.2) is 69.6 Å². The number of carboxylic acids is 1. The van der Waals surface area contributed by atoms with Gasteiger partial charge in [-0.1, -0.05) is 12.1 Å². The van der Waals surface area contributed by atoms with E-state index in [0.717, 1.165) is 20.1 Å². The molecule has 29 heavy (non-hydrogen) atoms. The molecule has 0 radical (unpaired) electrons. The maximum atomic E-state index is 13.0. The fourth-order valence-corrected chi connectivity index (χ4v) is 4.15. The summed E-state index contributed by atoms with van der Waals surface area (Å²) in [6.07, 6.45) is 0.509. The molecular weight excluding hydrogens is 507 g/mol. The van der Waals surface area contributed by atoms with Crippen molar-refractivity contribution in [2.24, 2.45) is 0 Å². The van der Waals surface area contributed by atoms with Crippen LogP contribution in [-0.2, 0) is 17.8 Å². The number of carboxylic acid groups (broad SMARTS) is 1. The molecule has 0 unspecified atom stereocenters. The van der Waals surface area contributed by atoms with Crippen molar-refractivity contribution in [3.63, 3.8) is 0 Å². The van der Waals surface area contributed by atoms with Crippen molar-refractivity contribution in [2.45, 2.75) is 19.4 Å². The van der Waals surface area contributed by atoms with Crippen LogP contribution in [0.1, 0.15) is 17.5 Å². The number of carbonyl (C=O) groups is 1. The van der Waals surface area contributed by atoms with Gasteiger partial charge < -0.3 is 14.6 Å². The second kappa shape index (κ2) is 9.89. The number of hydrogen-bond donors (Lipinski definition) is 1. The van der Waals surface area contributed by atoms with Gasteiger partial charge in [-0.25, -0.2) is 4.39 Å². The number of ether oxygens (including phenoxy) is 2. The molecule has 4 nitrogen and oxygen atoms in total. The molecule has 1 N–H and O–H groups in total. The minimum absolute atomic E-state index is 0.0694. The van der Waals surface area contributed by atoms with Crippen LogP contribution in [0.3, 0.4) is 0 Å². The Hall–Kier alpha value is -2.38. The van der Waals surface area contributed by atoms with Gasteiger partial charge in [-0.3, -0.25) is 4.79 Å². The smallest absolute Gasteiger partial charge is 0.303 e. The van der Waals surface area contributed by atoms with Gasteiger partial charge in [-0.05, 0) is 97.9 Å². The molecule has 150 valence electrons. The van der Waals surface area contributed by atoms with Gasteiger partial charge in [-0.2, -0.15) is 0 Å². The van der Waals surface area contributed by atoms with Crippen LogP contribution < -0.4 is 9.47 Å². The van der Waals surface area contributed by atoms with Crippen LogP contribution in [0.25, 0.3) is 0 Å². The van der Waals surface area contributed by atoms with E-state index in [4.69, 9.17) is 14.6 Å². The van der Waals surface area contributed by atoms with E-state index >= 15 is 0 Å². The molecule has 0 amide bonds. The van der Waals surface area contributed by atoms with Gasteiger partial charge in [0.05, 0.1) is 8.95 Å². The zero-order valence-corrected chi connectivity index (χ0v) is 18.4. The summed E-state index contributed by atoms with van der Waals surface area (Å²) < 4.78 is 26.2. The molecule has 0 aliphatic heterocycles. The topological polar surface area (TPSA) is 55.8 Å². The van der Waals surface area contributed by atoms with Gasteiger partial charge in [-0.15, -0.1) is 0 Å². The van der Waals surface area contributed by atoms with Gasteiger partial charge in [0.1, 0.15) is 29.7 Å². The third-order valence-electron chi connectivity index (χ3n) is 4.02. The predicted molar refractivity (Wildman–Crippen MR) is 115 cm³/mol. The molecule has 0 saturated heterocycles. The molecule has 0 aliphatic rings. The van der Waals surface area contributed by atoms with Crippen LogP contribution in [0.2, 0.25) is 0 Å². The largest absolute Gasteiger partial charge is 0.487 e. The Bertz CT molecular complexity index is 983. The van der Waals surface area contributed by atoms with E-state index in [-0.39, 0.29) is 12.2 Å². The average molecular weight is 524 g/mol. The number of aliphatic carboxylic acids is 1. The SMILES string of the molecule is O=C(O)CCc1cc(Br)c(OCc2cccc(Oc3ccc(F)cc3)c2)c(Br)c1. The summed E-state index contributed by atoms with van der Waals surface area (Å²) in [5, 5.41) is 8.83. The van der Waals surface area contributed by atoms with E-state index in [1.165, 1.54) is 12.1 Å². The van der Waals surface area contributed by atoms with Crippen molar-refractivity contribution in [3.05, 3.63) is 86.6 Å². The molecule has 0 atom stereocenters. The quantitative estimate of drug-likeness (QED) is 0.355. The fraction of sp³-hybridized carbons (Fsp3) is 0.136. The van der Waals surface area contributed by atoms with E-state index in [1.807, 2.05) is 36.4 Å². The van der Waals surface area contributed by atoms with E-state index in [2.05, 4.69) is 31.9 Å². The van der Waals surface area contributed by atoms with Crippen LogP contribution >= 0.6 is 31.9 Å². The lowest BCUT2D eigenvalue weighted by Gasteiger charge is -2.13. The van der Waals surface area contributed by atoms with Crippen LogP contribution in [0.4, 0.5) is 4.39 Å². The summed E-state index contributed by atoms with van der Waals surface area (Å²) in [7, 11) is 0. The average Bonchev–Trinajstić information content (AvgIpc) is 2.68. The molecule has 3 rings (SSSR count). The summed E-state index contributed by atoms with van der Waals surface area (Å²) in [5.74, 6) is 0.658. The van der Waals surface area contributed by atoms with Crippen molar-refractivity contribution < 1.29 is 23.8 Å². The lowest BCUT2D eigenvalue weighted by atomic mass is 10.1. The highest BCUT2D eigenvalue weighted by atomic mass is 79.9. The normalized spacial score (nSPS) is 10.6. The summed E-state index contributed by atoms with van der Waals surface area (Å²) in [6.45, 7) is 0.312. The van der Waals surface area contributed by atoms with Crippen LogP contribution in [0.5, 0.6) is 17.2 Å². The van der Waals surface area contributed by atoms with Gasteiger partial charge in [0, 0.05) is 6.42 Å². The number of hydrogen-bond acceptors (Lipinski definition) is 3. The summed E-state index contributed by atoms with van der Waals surface area (Å²) in [6, 6.07) is 17.0. The van der Waals surface area contributed by atoms with Crippen molar-refractivity contribution in [1.82, 2.24) is 0 Å². The number of rotatable bonds is 8. The maximum absolute atomic E-state index is 13.0. The Morgan fingerprint density at radius 2 is 1.62 bits per heavy atom. The Labute approximate surface area is 184 Å². The van der Waals surface area contributed by atoms with Crippen molar-refractivity contribution in [1.29, 1.82) is 0 Å². The van der Waals surface area contributed by atoms with Crippen LogP contribution in [0, 0.1) is 5.82 Å². The Morgan fingerprint density at radius 3 is 2.28 bits per heavy atom. The highest BCUT2D eigenvalue weighted by Crippen LogP contribution is 2.36. The molecule has 0 aliphatic carbocycles. The first-order valence-electron chi connectivity index (χ1n) is 8.75. The zero-order valence-electron chi connectivity index (χ0n) is 15.2. The first kappa shape index (κ1) is 21.3. The molecule has 0 spiro atoms. The highest BCUT2D eigenvalue weighted by molar-refractivity contribution is 9.11. The number of benzene rings is 3. The molecule has 0 aromatic heterocycles. The number of halogens is 3. The highest BCUT2D eigenvalue weighted by Gasteiger charge is 2.11. The van der Waals surface area contributed by atoms with Gasteiger partial charge in [0.25, 0.3) is 0 Å². The maximum Gasteiger partial charge on any atom is 0.303 e.